The molecule has 0 aromatic heterocycles. The van der Waals surface area contributed by atoms with E-state index in [4.69, 9.17) is 11.5 Å². The number of benzene rings is 1. The van der Waals surface area contributed by atoms with Gasteiger partial charge in [-0.15, -0.1) is 0 Å². The number of aliphatic hydroxyl groups is 1. The second-order valence-electron chi connectivity index (χ2n) is 7.59. The molecule has 0 saturated heterocycles. The molecule has 1 aliphatic carbocycles. The molecule has 5 N–H and O–H groups in total. The van der Waals surface area contributed by atoms with E-state index in [1.807, 2.05) is 30.3 Å². The fourth-order valence-corrected chi connectivity index (χ4v) is 4.15. The van der Waals surface area contributed by atoms with E-state index in [0.29, 0.717) is 25.2 Å². The van der Waals surface area contributed by atoms with Crippen LogP contribution in [0.3, 0.4) is 0 Å². The highest BCUT2D eigenvalue weighted by Crippen LogP contribution is 2.38. The summed E-state index contributed by atoms with van der Waals surface area (Å²) in [5, 5.41) is 10.4. The Bertz CT molecular complexity index is 576. The number of amides is 2. The van der Waals surface area contributed by atoms with E-state index in [1.165, 1.54) is 0 Å². The Morgan fingerprint density at radius 2 is 1.84 bits per heavy atom. The van der Waals surface area contributed by atoms with Gasteiger partial charge in [-0.1, -0.05) is 37.3 Å². The second-order valence-corrected chi connectivity index (χ2v) is 7.59. The van der Waals surface area contributed by atoms with Crippen molar-refractivity contribution < 1.29 is 14.7 Å². The van der Waals surface area contributed by atoms with Crippen molar-refractivity contribution in [1.29, 1.82) is 0 Å². The lowest BCUT2D eigenvalue weighted by molar-refractivity contribution is -0.129. The van der Waals surface area contributed by atoms with E-state index in [1.54, 1.807) is 0 Å². The molecule has 1 aliphatic rings. The van der Waals surface area contributed by atoms with Gasteiger partial charge in [-0.3, -0.25) is 9.59 Å². The molecule has 2 rings (SSSR count). The van der Waals surface area contributed by atoms with Gasteiger partial charge >= 0.3 is 0 Å². The summed E-state index contributed by atoms with van der Waals surface area (Å²) in [6, 6.07) is 9.96. The first-order chi connectivity index (χ1) is 11.9. The van der Waals surface area contributed by atoms with Gasteiger partial charge in [-0.05, 0) is 55.9 Å². The van der Waals surface area contributed by atoms with Gasteiger partial charge in [0.15, 0.2) is 0 Å². The second kappa shape index (κ2) is 8.99. The number of rotatable bonds is 8. The number of nitrogens with two attached hydrogens (primary N) is 2. The molecular formula is C20H30N2O3. The molecule has 1 aromatic carbocycles. The van der Waals surface area contributed by atoms with E-state index in [-0.39, 0.29) is 23.7 Å². The van der Waals surface area contributed by atoms with Crippen molar-refractivity contribution in [3.63, 3.8) is 0 Å². The third-order valence-corrected chi connectivity index (χ3v) is 5.45. The molecule has 0 heterocycles. The van der Waals surface area contributed by atoms with Gasteiger partial charge in [0.2, 0.25) is 11.8 Å². The highest BCUT2D eigenvalue weighted by Gasteiger charge is 2.37. The lowest BCUT2D eigenvalue weighted by atomic mass is 9.69. The summed E-state index contributed by atoms with van der Waals surface area (Å²) >= 11 is 0. The van der Waals surface area contributed by atoms with E-state index < -0.39 is 12.0 Å². The molecule has 0 spiro atoms. The van der Waals surface area contributed by atoms with E-state index >= 15 is 0 Å². The largest absolute Gasteiger partial charge is 0.393 e. The monoisotopic (exact) mass is 346 g/mol. The quantitative estimate of drug-likeness (QED) is 0.670. The fourth-order valence-electron chi connectivity index (χ4n) is 4.15. The van der Waals surface area contributed by atoms with Gasteiger partial charge in [-0.25, -0.2) is 0 Å². The molecular weight excluding hydrogens is 316 g/mol. The average molecular weight is 346 g/mol. The van der Waals surface area contributed by atoms with Crippen LogP contribution in [0.4, 0.5) is 0 Å². The van der Waals surface area contributed by atoms with E-state index in [2.05, 4.69) is 6.92 Å². The van der Waals surface area contributed by atoms with Crippen molar-refractivity contribution in [3.8, 4) is 0 Å². The van der Waals surface area contributed by atoms with Crippen LogP contribution in [0.2, 0.25) is 0 Å². The smallest absolute Gasteiger partial charge is 0.220 e. The van der Waals surface area contributed by atoms with Crippen molar-refractivity contribution in [2.24, 2.45) is 35.1 Å². The maximum absolute atomic E-state index is 12.0. The molecule has 2 amide bonds. The number of primary amides is 2. The van der Waals surface area contributed by atoms with Crippen molar-refractivity contribution in [2.75, 3.05) is 0 Å². The first kappa shape index (κ1) is 19.4. The number of hydrogen-bond acceptors (Lipinski definition) is 3. The Hall–Kier alpha value is -1.88. The minimum Gasteiger partial charge on any atom is -0.393 e. The minimum atomic E-state index is -0.582. The third-order valence-electron chi connectivity index (χ3n) is 5.45. The third kappa shape index (κ3) is 5.85. The zero-order valence-electron chi connectivity index (χ0n) is 14.9. The van der Waals surface area contributed by atoms with Gasteiger partial charge in [0.1, 0.15) is 0 Å². The number of carbonyl (C=O) groups is 2. The van der Waals surface area contributed by atoms with Crippen LogP contribution in [0.1, 0.15) is 44.6 Å². The van der Waals surface area contributed by atoms with Crippen LogP contribution in [0.25, 0.3) is 0 Å². The SMILES string of the molecule is CC1CC(C(N)=O)C[C@@H]([C@@H](C[C@@H](O)CCc2ccccc2)C(N)=O)C1. The number of carbonyl (C=O) groups excluding carboxylic acids is 2. The molecule has 5 heteroatoms. The Morgan fingerprint density at radius 1 is 1.16 bits per heavy atom. The molecule has 0 radical (unpaired) electrons. The summed E-state index contributed by atoms with van der Waals surface area (Å²) in [6.45, 7) is 2.08. The van der Waals surface area contributed by atoms with Crippen LogP contribution in [0.5, 0.6) is 0 Å². The average Bonchev–Trinajstić information content (AvgIpc) is 2.58. The first-order valence-electron chi connectivity index (χ1n) is 9.17. The van der Waals surface area contributed by atoms with Gasteiger partial charge in [0.25, 0.3) is 0 Å². The maximum Gasteiger partial charge on any atom is 0.220 e. The highest BCUT2D eigenvalue weighted by molar-refractivity contribution is 5.78. The van der Waals surface area contributed by atoms with Crippen molar-refractivity contribution >= 4 is 11.8 Å². The number of aliphatic hydroxyl groups excluding tert-OH is 1. The fraction of sp³-hybridized carbons (Fsp3) is 0.600. The minimum absolute atomic E-state index is 0.0186. The van der Waals surface area contributed by atoms with Crippen LogP contribution in [0, 0.1) is 23.7 Å². The van der Waals surface area contributed by atoms with Crippen molar-refractivity contribution in [3.05, 3.63) is 35.9 Å². The normalized spacial score (nSPS) is 25.9. The van der Waals surface area contributed by atoms with Crippen LogP contribution >= 0.6 is 0 Å². The van der Waals surface area contributed by atoms with Crippen molar-refractivity contribution in [2.45, 2.75) is 51.6 Å². The number of hydrogen-bond donors (Lipinski definition) is 3. The zero-order chi connectivity index (χ0) is 18.4. The predicted octanol–water partition coefficient (Wildman–Crippen LogP) is 2.01. The molecule has 1 fully saturated rings. The summed E-state index contributed by atoms with van der Waals surface area (Å²) < 4.78 is 0. The lowest BCUT2D eigenvalue weighted by Gasteiger charge is -2.36. The first-order valence-corrected chi connectivity index (χ1v) is 9.17. The zero-order valence-corrected chi connectivity index (χ0v) is 14.9. The summed E-state index contributed by atoms with van der Waals surface area (Å²) in [5.41, 5.74) is 12.3. The molecule has 5 atom stereocenters. The van der Waals surface area contributed by atoms with Gasteiger partial charge in [0.05, 0.1) is 6.10 Å². The lowest BCUT2D eigenvalue weighted by Crippen LogP contribution is -2.39. The molecule has 1 saturated carbocycles. The predicted molar refractivity (Wildman–Crippen MR) is 97.3 cm³/mol. The highest BCUT2D eigenvalue weighted by atomic mass is 16.3. The molecule has 0 bridgehead atoms. The van der Waals surface area contributed by atoms with Gasteiger partial charge in [-0.2, -0.15) is 0 Å². The summed E-state index contributed by atoms with van der Waals surface area (Å²) in [4.78, 5) is 23.6. The Balaban J connectivity index is 1.95. The van der Waals surface area contributed by atoms with Crippen LogP contribution in [-0.2, 0) is 16.0 Å². The van der Waals surface area contributed by atoms with Crippen LogP contribution in [0.15, 0.2) is 30.3 Å². The molecule has 2 unspecified atom stereocenters. The van der Waals surface area contributed by atoms with Gasteiger partial charge in [0, 0.05) is 11.8 Å². The Morgan fingerprint density at radius 3 is 2.44 bits per heavy atom. The molecule has 25 heavy (non-hydrogen) atoms. The summed E-state index contributed by atoms with van der Waals surface area (Å²) in [7, 11) is 0. The maximum atomic E-state index is 12.0. The molecule has 1 aromatic rings. The molecule has 5 nitrogen and oxygen atoms in total. The topological polar surface area (TPSA) is 106 Å². The van der Waals surface area contributed by atoms with Crippen molar-refractivity contribution in [1.82, 2.24) is 0 Å². The van der Waals surface area contributed by atoms with Crippen LogP contribution in [-0.4, -0.2) is 23.0 Å². The standard InChI is InChI=1S/C20H30N2O3/c1-13-9-15(11-16(10-13)19(21)24)18(20(22)25)12-17(23)8-7-14-5-3-2-4-6-14/h2-6,13,15-18,23H,7-12H2,1H3,(H2,21,24)(H2,22,25)/t13?,15-,16?,17-,18+/m0/s1. The summed E-state index contributed by atoms with van der Waals surface area (Å²) in [5.74, 6) is -0.942. The Labute approximate surface area is 149 Å². The summed E-state index contributed by atoms with van der Waals surface area (Å²) in [6.07, 6.45) is 3.34. The van der Waals surface area contributed by atoms with E-state index in [0.717, 1.165) is 24.8 Å². The molecule has 138 valence electrons. The molecule has 0 aliphatic heterocycles. The number of aryl methyl sites for hydroxylation is 1. The van der Waals surface area contributed by atoms with E-state index in [9.17, 15) is 14.7 Å². The van der Waals surface area contributed by atoms with Gasteiger partial charge < -0.3 is 16.6 Å². The Kier molecular flexibility index (Phi) is 7.00. The van der Waals surface area contributed by atoms with Crippen LogP contribution < -0.4 is 11.5 Å².